The molecule has 0 radical (unpaired) electrons. The van der Waals surface area contributed by atoms with E-state index in [4.69, 9.17) is 9.68 Å². The van der Waals surface area contributed by atoms with Crippen molar-refractivity contribution in [3.05, 3.63) is 54.5 Å². The van der Waals surface area contributed by atoms with Crippen LogP contribution in [-0.4, -0.2) is 74.0 Å². The highest BCUT2D eigenvalue weighted by Crippen LogP contribution is 2.15. The summed E-state index contributed by atoms with van der Waals surface area (Å²) in [6.45, 7) is 5.30. The number of rotatable bonds is 9. The van der Waals surface area contributed by atoms with Crippen molar-refractivity contribution in [3.63, 3.8) is 0 Å². The number of carbonyl (C=O) groups excluding carboxylic acids is 2. The standard InChI is InChI=1S/C22H27N5O3/c23-9-5-11-27(19-6-2-1-3-7-19)21(28)18-26-15-13-25(14-16-26)12-10-24-22(29)20-8-4-17-30-20/h1-4,6-8,17H,5,10-16,18H2,(H,24,29). The van der Waals surface area contributed by atoms with Crippen molar-refractivity contribution in [2.24, 2.45) is 0 Å². The highest BCUT2D eigenvalue weighted by Gasteiger charge is 2.22. The Kier molecular flexibility index (Phi) is 8.01. The molecule has 1 N–H and O–H groups in total. The van der Waals surface area contributed by atoms with Gasteiger partial charge in [0.1, 0.15) is 0 Å². The number of carbonyl (C=O) groups is 2. The second-order valence-corrected chi connectivity index (χ2v) is 7.14. The summed E-state index contributed by atoms with van der Waals surface area (Å²) in [5, 5.41) is 11.8. The molecule has 2 aromatic rings. The van der Waals surface area contributed by atoms with E-state index in [2.05, 4.69) is 21.2 Å². The largest absolute Gasteiger partial charge is 0.459 e. The van der Waals surface area contributed by atoms with Crippen molar-refractivity contribution in [3.8, 4) is 6.07 Å². The molecule has 1 aliphatic rings. The molecule has 1 aliphatic heterocycles. The molecule has 158 valence electrons. The quantitative estimate of drug-likeness (QED) is 0.676. The van der Waals surface area contributed by atoms with Gasteiger partial charge in [-0.2, -0.15) is 5.26 Å². The maximum atomic E-state index is 12.9. The first-order chi connectivity index (χ1) is 14.7. The second-order valence-electron chi connectivity index (χ2n) is 7.14. The monoisotopic (exact) mass is 409 g/mol. The fraction of sp³-hybridized carbons (Fsp3) is 0.409. The molecule has 30 heavy (non-hydrogen) atoms. The molecule has 0 aliphatic carbocycles. The van der Waals surface area contributed by atoms with E-state index in [-0.39, 0.29) is 11.8 Å². The van der Waals surface area contributed by atoms with Gasteiger partial charge in [0.25, 0.3) is 5.91 Å². The third-order valence-corrected chi connectivity index (χ3v) is 5.10. The van der Waals surface area contributed by atoms with Crippen LogP contribution in [0.15, 0.2) is 53.1 Å². The molecule has 0 saturated carbocycles. The number of hydrogen-bond donors (Lipinski definition) is 1. The Hall–Kier alpha value is -3.15. The number of nitriles is 1. The molecule has 1 aromatic heterocycles. The first-order valence-corrected chi connectivity index (χ1v) is 10.2. The average molecular weight is 409 g/mol. The van der Waals surface area contributed by atoms with E-state index in [1.54, 1.807) is 17.0 Å². The van der Waals surface area contributed by atoms with E-state index in [1.807, 2.05) is 30.3 Å². The molecular weight excluding hydrogens is 382 g/mol. The number of nitrogens with zero attached hydrogens (tertiary/aromatic N) is 4. The van der Waals surface area contributed by atoms with Gasteiger partial charge in [0, 0.05) is 51.5 Å². The predicted octanol–water partition coefficient (Wildman–Crippen LogP) is 1.57. The van der Waals surface area contributed by atoms with Crippen LogP contribution in [0.4, 0.5) is 5.69 Å². The zero-order chi connectivity index (χ0) is 21.2. The maximum Gasteiger partial charge on any atom is 0.287 e. The first kappa shape index (κ1) is 21.6. The van der Waals surface area contributed by atoms with Crippen molar-refractivity contribution in [2.45, 2.75) is 6.42 Å². The van der Waals surface area contributed by atoms with Crippen LogP contribution in [0.1, 0.15) is 17.0 Å². The summed E-state index contributed by atoms with van der Waals surface area (Å²) >= 11 is 0. The van der Waals surface area contributed by atoms with Gasteiger partial charge in [0.05, 0.1) is 25.3 Å². The summed E-state index contributed by atoms with van der Waals surface area (Å²) < 4.78 is 5.08. The lowest BCUT2D eigenvalue weighted by Gasteiger charge is -2.35. The third kappa shape index (κ3) is 6.17. The number of anilines is 1. The van der Waals surface area contributed by atoms with E-state index in [0.29, 0.717) is 31.8 Å². The minimum Gasteiger partial charge on any atom is -0.459 e. The van der Waals surface area contributed by atoms with Crippen LogP contribution in [0.5, 0.6) is 0 Å². The van der Waals surface area contributed by atoms with Crippen molar-refractivity contribution >= 4 is 17.5 Å². The molecule has 2 heterocycles. The van der Waals surface area contributed by atoms with E-state index >= 15 is 0 Å². The third-order valence-electron chi connectivity index (χ3n) is 5.10. The second kappa shape index (κ2) is 11.1. The van der Waals surface area contributed by atoms with Gasteiger partial charge in [-0.15, -0.1) is 0 Å². The fourth-order valence-electron chi connectivity index (χ4n) is 3.44. The van der Waals surface area contributed by atoms with Gasteiger partial charge < -0.3 is 14.6 Å². The SMILES string of the molecule is N#CCCN(C(=O)CN1CCN(CCNC(=O)c2ccco2)CC1)c1ccccc1. The number of benzene rings is 1. The van der Waals surface area contributed by atoms with Crippen molar-refractivity contribution in [1.29, 1.82) is 5.26 Å². The van der Waals surface area contributed by atoms with E-state index in [1.165, 1.54) is 6.26 Å². The molecule has 8 heteroatoms. The molecule has 3 rings (SSSR count). The molecule has 2 amide bonds. The average Bonchev–Trinajstić information content (AvgIpc) is 3.31. The molecule has 1 aromatic carbocycles. The van der Waals surface area contributed by atoms with Crippen molar-refractivity contribution in [1.82, 2.24) is 15.1 Å². The van der Waals surface area contributed by atoms with E-state index in [9.17, 15) is 9.59 Å². The summed E-state index contributed by atoms with van der Waals surface area (Å²) in [5.41, 5.74) is 0.823. The Morgan fingerprint density at radius 3 is 2.47 bits per heavy atom. The Morgan fingerprint density at radius 1 is 1.07 bits per heavy atom. The number of furan rings is 1. The lowest BCUT2D eigenvalue weighted by Crippen LogP contribution is -2.51. The van der Waals surface area contributed by atoms with Gasteiger partial charge in [0.15, 0.2) is 5.76 Å². The normalized spacial score (nSPS) is 14.8. The Morgan fingerprint density at radius 2 is 1.80 bits per heavy atom. The van der Waals surface area contributed by atoms with Crippen LogP contribution in [0, 0.1) is 11.3 Å². The molecule has 1 fully saturated rings. The lowest BCUT2D eigenvalue weighted by molar-refractivity contribution is -0.120. The number of piperazine rings is 1. The van der Waals surface area contributed by atoms with Gasteiger partial charge in [-0.3, -0.25) is 19.4 Å². The minimum atomic E-state index is -0.206. The Balaban J connectivity index is 1.41. The van der Waals surface area contributed by atoms with Gasteiger partial charge in [0.2, 0.25) is 5.91 Å². The summed E-state index contributed by atoms with van der Waals surface area (Å²) in [7, 11) is 0. The zero-order valence-electron chi connectivity index (χ0n) is 17.0. The highest BCUT2D eigenvalue weighted by molar-refractivity contribution is 5.94. The lowest BCUT2D eigenvalue weighted by atomic mass is 10.2. The number of nitrogens with one attached hydrogen (secondary N) is 1. The van der Waals surface area contributed by atoms with E-state index in [0.717, 1.165) is 38.4 Å². The summed E-state index contributed by atoms with van der Waals surface area (Å²) in [5.74, 6) is 0.121. The van der Waals surface area contributed by atoms with E-state index < -0.39 is 0 Å². The maximum absolute atomic E-state index is 12.9. The minimum absolute atomic E-state index is 0.00983. The van der Waals surface area contributed by atoms with Gasteiger partial charge >= 0.3 is 0 Å². The topological polar surface area (TPSA) is 92.8 Å². The number of para-hydroxylation sites is 1. The first-order valence-electron chi connectivity index (χ1n) is 10.2. The van der Waals surface area contributed by atoms with Gasteiger partial charge in [-0.05, 0) is 24.3 Å². The fourth-order valence-corrected chi connectivity index (χ4v) is 3.44. The van der Waals surface area contributed by atoms with Crippen LogP contribution in [0.2, 0.25) is 0 Å². The van der Waals surface area contributed by atoms with Crippen LogP contribution >= 0.6 is 0 Å². The van der Waals surface area contributed by atoms with Crippen LogP contribution in [0.25, 0.3) is 0 Å². The predicted molar refractivity (Wildman–Crippen MR) is 113 cm³/mol. The van der Waals surface area contributed by atoms with Gasteiger partial charge in [-0.25, -0.2) is 0 Å². The van der Waals surface area contributed by atoms with Gasteiger partial charge in [-0.1, -0.05) is 18.2 Å². The van der Waals surface area contributed by atoms with Crippen LogP contribution < -0.4 is 10.2 Å². The van der Waals surface area contributed by atoms with Crippen molar-refractivity contribution < 1.29 is 14.0 Å². The molecular formula is C22H27N5O3. The summed E-state index contributed by atoms with van der Waals surface area (Å²) in [6, 6.07) is 14.9. The highest BCUT2D eigenvalue weighted by atomic mass is 16.3. The van der Waals surface area contributed by atoms with Crippen LogP contribution in [-0.2, 0) is 4.79 Å². The molecule has 0 bridgehead atoms. The summed E-state index contributed by atoms with van der Waals surface area (Å²) in [6.07, 6.45) is 1.78. The molecule has 0 spiro atoms. The molecule has 1 saturated heterocycles. The summed E-state index contributed by atoms with van der Waals surface area (Å²) in [4.78, 5) is 30.9. The molecule has 0 atom stereocenters. The smallest absolute Gasteiger partial charge is 0.287 e. The van der Waals surface area contributed by atoms with Crippen molar-refractivity contribution in [2.75, 3.05) is 57.3 Å². The number of amides is 2. The molecule has 8 nitrogen and oxygen atoms in total. The Labute approximate surface area is 176 Å². The zero-order valence-corrected chi connectivity index (χ0v) is 17.0. The molecule has 0 unspecified atom stereocenters. The number of hydrogen-bond acceptors (Lipinski definition) is 6. The Bertz CT molecular complexity index is 839. The van der Waals surface area contributed by atoms with Crippen LogP contribution in [0.3, 0.4) is 0 Å².